The van der Waals surface area contributed by atoms with Gasteiger partial charge in [-0.1, -0.05) is 25.1 Å². The van der Waals surface area contributed by atoms with Crippen LogP contribution < -0.4 is 4.74 Å². The average Bonchev–Trinajstić information content (AvgIpc) is 2.46. The SMILES string of the molecule is CCc1cccnc1C(O)c1ccc(OC(C)C)cc1. The maximum Gasteiger partial charge on any atom is 0.121 e. The lowest BCUT2D eigenvalue weighted by molar-refractivity contribution is 0.213. The third kappa shape index (κ3) is 3.36. The van der Waals surface area contributed by atoms with E-state index in [4.69, 9.17) is 4.74 Å². The van der Waals surface area contributed by atoms with Crippen LogP contribution in [0.1, 0.15) is 43.7 Å². The van der Waals surface area contributed by atoms with E-state index in [1.807, 2.05) is 50.2 Å². The molecule has 0 fully saturated rings. The van der Waals surface area contributed by atoms with Crippen molar-refractivity contribution in [3.05, 3.63) is 59.4 Å². The van der Waals surface area contributed by atoms with Crippen molar-refractivity contribution in [1.82, 2.24) is 4.98 Å². The first-order valence-corrected chi connectivity index (χ1v) is 7.00. The van der Waals surface area contributed by atoms with Gasteiger partial charge >= 0.3 is 0 Å². The van der Waals surface area contributed by atoms with Crippen molar-refractivity contribution in [2.45, 2.75) is 39.4 Å². The van der Waals surface area contributed by atoms with E-state index in [2.05, 4.69) is 11.9 Å². The molecule has 0 aliphatic carbocycles. The predicted octanol–water partition coefficient (Wildman–Crippen LogP) is 3.51. The number of pyridine rings is 1. The Kier molecular flexibility index (Phi) is 4.74. The molecule has 1 aromatic carbocycles. The topological polar surface area (TPSA) is 42.4 Å². The van der Waals surface area contributed by atoms with Crippen molar-refractivity contribution in [1.29, 1.82) is 0 Å². The Hall–Kier alpha value is -1.87. The Bertz CT molecular complexity index is 549. The molecule has 3 heteroatoms. The number of hydrogen-bond acceptors (Lipinski definition) is 3. The molecule has 0 aliphatic heterocycles. The molecule has 1 atom stereocenters. The maximum absolute atomic E-state index is 10.5. The third-order valence-corrected chi connectivity index (χ3v) is 3.13. The highest BCUT2D eigenvalue weighted by atomic mass is 16.5. The number of aryl methyl sites for hydroxylation is 1. The summed E-state index contributed by atoms with van der Waals surface area (Å²) < 4.78 is 5.60. The molecule has 0 saturated heterocycles. The predicted molar refractivity (Wildman–Crippen MR) is 79.9 cm³/mol. The van der Waals surface area contributed by atoms with Crippen LogP contribution in [0.25, 0.3) is 0 Å². The summed E-state index contributed by atoms with van der Waals surface area (Å²) in [5.74, 6) is 0.813. The monoisotopic (exact) mass is 271 g/mol. The molecule has 0 bridgehead atoms. The van der Waals surface area contributed by atoms with Crippen LogP contribution in [0, 0.1) is 0 Å². The van der Waals surface area contributed by atoms with Crippen molar-refractivity contribution in [3.8, 4) is 5.75 Å². The Balaban J connectivity index is 2.22. The van der Waals surface area contributed by atoms with Gasteiger partial charge in [0.15, 0.2) is 0 Å². The number of aromatic nitrogens is 1. The van der Waals surface area contributed by atoms with Crippen LogP contribution in [0.4, 0.5) is 0 Å². The Morgan fingerprint density at radius 3 is 2.45 bits per heavy atom. The number of nitrogens with zero attached hydrogens (tertiary/aromatic N) is 1. The first kappa shape index (κ1) is 14.5. The molecule has 106 valence electrons. The fourth-order valence-corrected chi connectivity index (χ4v) is 2.15. The molecule has 2 aromatic rings. The van der Waals surface area contributed by atoms with Crippen LogP contribution in [0.2, 0.25) is 0 Å². The molecular formula is C17H21NO2. The van der Waals surface area contributed by atoms with Crippen LogP contribution >= 0.6 is 0 Å². The van der Waals surface area contributed by atoms with E-state index in [9.17, 15) is 5.11 Å². The van der Waals surface area contributed by atoms with Gasteiger partial charge in [-0.05, 0) is 49.6 Å². The fourth-order valence-electron chi connectivity index (χ4n) is 2.15. The zero-order chi connectivity index (χ0) is 14.5. The molecule has 1 heterocycles. The number of aliphatic hydroxyl groups excluding tert-OH is 1. The molecule has 0 spiro atoms. The molecule has 1 aromatic heterocycles. The summed E-state index contributed by atoms with van der Waals surface area (Å²) in [5.41, 5.74) is 2.63. The fraction of sp³-hybridized carbons (Fsp3) is 0.353. The van der Waals surface area contributed by atoms with E-state index >= 15 is 0 Å². The van der Waals surface area contributed by atoms with Crippen molar-refractivity contribution in [3.63, 3.8) is 0 Å². The molecule has 3 nitrogen and oxygen atoms in total. The quantitative estimate of drug-likeness (QED) is 0.904. The van der Waals surface area contributed by atoms with E-state index < -0.39 is 6.10 Å². The summed E-state index contributed by atoms with van der Waals surface area (Å²) in [6.45, 7) is 6.04. The second kappa shape index (κ2) is 6.53. The maximum atomic E-state index is 10.5. The van der Waals surface area contributed by atoms with Gasteiger partial charge in [-0.15, -0.1) is 0 Å². The molecule has 2 rings (SSSR count). The minimum absolute atomic E-state index is 0.147. The highest BCUT2D eigenvalue weighted by Gasteiger charge is 2.15. The highest BCUT2D eigenvalue weighted by molar-refractivity contribution is 5.34. The highest BCUT2D eigenvalue weighted by Crippen LogP contribution is 2.25. The van der Waals surface area contributed by atoms with Crippen molar-refractivity contribution in [2.75, 3.05) is 0 Å². The van der Waals surface area contributed by atoms with Crippen LogP contribution in [-0.2, 0) is 6.42 Å². The van der Waals surface area contributed by atoms with Crippen LogP contribution in [0.15, 0.2) is 42.6 Å². The lowest BCUT2D eigenvalue weighted by Crippen LogP contribution is -2.07. The summed E-state index contributed by atoms with van der Waals surface area (Å²) in [7, 11) is 0. The molecule has 0 amide bonds. The lowest BCUT2D eigenvalue weighted by Gasteiger charge is -2.15. The van der Waals surface area contributed by atoms with Crippen LogP contribution in [0.5, 0.6) is 5.75 Å². The Morgan fingerprint density at radius 1 is 1.15 bits per heavy atom. The van der Waals surface area contributed by atoms with Crippen LogP contribution in [0.3, 0.4) is 0 Å². The van der Waals surface area contributed by atoms with Gasteiger partial charge in [0.2, 0.25) is 0 Å². The number of rotatable bonds is 5. The third-order valence-electron chi connectivity index (χ3n) is 3.13. The second-order valence-corrected chi connectivity index (χ2v) is 5.04. The molecule has 0 radical (unpaired) electrons. The smallest absolute Gasteiger partial charge is 0.121 e. The summed E-state index contributed by atoms with van der Waals surface area (Å²) in [6, 6.07) is 11.4. The van der Waals surface area contributed by atoms with Crippen molar-refractivity contribution in [2.24, 2.45) is 0 Å². The number of hydrogen-bond donors (Lipinski definition) is 1. The zero-order valence-electron chi connectivity index (χ0n) is 12.2. The molecule has 20 heavy (non-hydrogen) atoms. The summed E-state index contributed by atoms with van der Waals surface area (Å²) in [6.07, 6.45) is 2.02. The molecule has 1 N–H and O–H groups in total. The van der Waals surface area contributed by atoms with Gasteiger partial charge in [0, 0.05) is 6.20 Å². The zero-order valence-corrected chi connectivity index (χ0v) is 12.2. The van der Waals surface area contributed by atoms with E-state index in [-0.39, 0.29) is 6.10 Å². The van der Waals surface area contributed by atoms with Gasteiger partial charge in [-0.25, -0.2) is 0 Å². The summed E-state index contributed by atoms with van der Waals surface area (Å²) >= 11 is 0. The number of benzene rings is 1. The lowest BCUT2D eigenvalue weighted by atomic mass is 10.0. The normalized spacial score (nSPS) is 12.4. The Morgan fingerprint density at radius 2 is 1.85 bits per heavy atom. The molecule has 0 saturated carbocycles. The first-order chi connectivity index (χ1) is 9.61. The van der Waals surface area contributed by atoms with Crippen molar-refractivity contribution >= 4 is 0 Å². The van der Waals surface area contributed by atoms with Gasteiger partial charge in [0.1, 0.15) is 11.9 Å². The molecule has 1 unspecified atom stereocenters. The largest absolute Gasteiger partial charge is 0.491 e. The van der Waals surface area contributed by atoms with Gasteiger partial charge < -0.3 is 9.84 Å². The second-order valence-electron chi connectivity index (χ2n) is 5.04. The summed E-state index contributed by atoms with van der Waals surface area (Å²) in [4.78, 5) is 4.32. The van der Waals surface area contributed by atoms with Gasteiger partial charge in [0.25, 0.3) is 0 Å². The average molecular weight is 271 g/mol. The van der Waals surface area contributed by atoms with E-state index in [0.29, 0.717) is 0 Å². The van der Waals surface area contributed by atoms with Crippen LogP contribution in [-0.4, -0.2) is 16.2 Å². The van der Waals surface area contributed by atoms with Gasteiger partial charge in [-0.3, -0.25) is 4.98 Å². The number of aliphatic hydroxyl groups is 1. The van der Waals surface area contributed by atoms with Gasteiger partial charge in [-0.2, -0.15) is 0 Å². The van der Waals surface area contributed by atoms with E-state index in [1.165, 1.54) is 0 Å². The molecule has 0 aliphatic rings. The minimum Gasteiger partial charge on any atom is -0.491 e. The van der Waals surface area contributed by atoms with E-state index in [1.54, 1.807) is 6.20 Å². The number of ether oxygens (including phenoxy) is 1. The molecular weight excluding hydrogens is 250 g/mol. The standard InChI is InChI=1S/C17H21NO2/c1-4-13-6-5-11-18-16(13)17(19)14-7-9-15(10-8-14)20-12(2)3/h5-12,17,19H,4H2,1-3H3. The van der Waals surface area contributed by atoms with E-state index in [0.717, 1.165) is 29.0 Å². The first-order valence-electron chi connectivity index (χ1n) is 7.00. The van der Waals surface area contributed by atoms with Crippen molar-refractivity contribution < 1.29 is 9.84 Å². The summed E-state index contributed by atoms with van der Waals surface area (Å²) in [5, 5.41) is 10.5. The van der Waals surface area contributed by atoms with Gasteiger partial charge in [0.05, 0.1) is 11.8 Å². The Labute approximate surface area is 120 Å². The minimum atomic E-state index is -0.695.